The van der Waals surface area contributed by atoms with Gasteiger partial charge in [0.1, 0.15) is 0 Å². The number of hydrogen-bond donors (Lipinski definition) is 3. The highest BCUT2D eigenvalue weighted by Gasteiger charge is 2.35. The largest absolute Gasteiger partial charge is 0.388 e. The van der Waals surface area contributed by atoms with Crippen LogP contribution in [-0.2, 0) is 0 Å². The van der Waals surface area contributed by atoms with Crippen molar-refractivity contribution in [1.82, 2.24) is 10.6 Å². The molecule has 0 aromatic heterocycles. The molecule has 21 heavy (non-hydrogen) atoms. The molecule has 1 aliphatic carbocycles. The van der Waals surface area contributed by atoms with E-state index in [-0.39, 0.29) is 17.5 Å². The quantitative estimate of drug-likeness (QED) is 0.798. The molecule has 1 fully saturated rings. The third-order valence-corrected chi connectivity index (χ3v) is 4.14. The monoisotopic (exact) mass is 290 g/mol. The molecule has 1 aromatic rings. The molecule has 2 amide bonds. The van der Waals surface area contributed by atoms with Crippen molar-refractivity contribution < 1.29 is 9.90 Å². The first-order valence-corrected chi connectivity index (χ1v) is 7.62. The van der Waals surface area contributed by atoms with Crippen LogP contribution in [0.25, 0.3) is 0 Å². The number of aliphatic hydroxyl groups is 1. The van der Waals surface area contributed by atoms with Gasteiger partial charge in [0, 0.05) is 6.54 Å². The third kappa shape index (κ3) is 4.21. The number of urea groups is 1. The second kappa shape index (κ2) is 6.06. The summed E-state index contributed by atoms with van der Waals surface area (Å²) in [6.07, 6.45) is 2.58. The van der Waals surface area contributed by atoms with Crippen LogP contribution >= 0.6 is 0 Å². The Balaban J connectivity index is 1.97. The highest BCUT2D eigenvalue weighted by Crippen LogP contribution is 2.33. The van der Waals surface area contributed by atoms with Gasteiger partial charge < -0.3 is 15.7 Å². The number of rotatable bonds is 4. The minimum atomic E-state index is -0.693. The number of nitrogens with one attached hydrogen (secondary N) is 2. The number of carbonyl (C=O) groups is 1. The molecule has 1 aliphatic rings. The lowest BCUT2D eigenvalue weighted by Gasteiger charge is -2.37. The minimum absolute atomic E-state index is 0.0743. The van der Waals surface area contributed by atoms with E-state index < -0.39 is 5.60 Å². The van der Waals surface area contributed by atoms with Crippen LogP contribution < -0.4 is 10.6 Å². The van der Waals surface area contributed by atoms with Crippen LogP contribution in [0.4, 0.5) is 4.79 Å². The van der Waals surface area contributed by atoms with Gasteiger partial charge in [-0.05, 0) is 30.2 Å². The molecule has 1 unspecified atom stereocenters. The highest BCUT2D eigenvalue weighted by molar-refractivity contribution is 5.74. The highest BCUT2D eigenvalue weighted by atomic mass is 16.3. The maximum absolute atomic E-state index is 12.1. The number of hydrogen-bond acceptors (Lipinski definition) is 2. The normalized spacial score (nSPS) is 18.5. The summed E-state index contributed by atoms with van der Waals surface area (Å²) >= 11 is 0. The van der Waals surface area contributed by atoms with Crippen molar-refractivity contribution >= 4 is 6.03 Å². The first-order chi connectivity index (χ1) is 9.80. The van der Waals surface area contributed by atoms with Gasteiger partial charge >= 0.3 is 6.03 Å². The predicted octanol–water partition coefficient (Wildman–Crippen LogP) is 2.99. The van der Waals surface area contributed by atoms with Crippen LogP contribution in [0, 0.1) is 5.41 Å². The summed E-state index contributed by atoms with van der Waals surface area (Å²) in [6, 6.07) is 9.67. The van der Waals surface area contributed by atoms with E-state index in [1.54, 1.807) is 0 Å². The van der Waals surface area contributed by atoms with Gasteiger partial charge in [-0.1, -0.05) is 51.1 Å². The first kappa shape index (κ1) is 15.8. The average molecular weight is 290 g/mol. The zero-order valence-electron chi connectivity index (χ0n) is 13.1. The van der Waals surface area contributed by atoms with Crippen molar-refractivity contribution in [2.45, 2.75) is 51.7 Å². The summed E-state index contributed by atoms with van der Waals surface area (Å²) in [4.78, 5) is 12.1. The zero-order valence-corrected chi connectivity index (χ0v) is 13.1. The van der Waals surface area contributed by atoms with Gasteiger partial charge in [-0.15, -0.1) is 0 Å². The van der Waals surface area contributed by atoms with Crippen molar-refractivity contribution in [3.8, 4) is 0 Å². The number of benzene rings is 1. The van der Waals surface area contributed by atoms with E-state index in [0.717, 1.165) is 24.8 Å². The maximum atomic E-state index is 12.1. The molecule has 1 saturated carbocycles. The average Bonchev–Trinajstić information content (AvgIpc) is 2.40. The Labute approximate surface area is 126 Å². The lowest BCUT2D eigenvalue weighted by atomic mass is 9.80. The molecule has 3 N–H and O–H groups in total. The Morgan fingerprint density at radius 2 is 1.90 bits per heavy atom. The Bertz CT molecular complexity index is 475. The summed E-state index contributed by atoms with van der Waals surface area (Å²) < 4.78 is 0. The van der Waals surface area contributed by atoms with Gasteiger partial charge in [-0.3, -0.25) is 0 Å². The lowest BCUT2D eigenvalue weighted by Crippen LogP contribution is -2.51. The van der Waals surface area contributed by atoms with Crippen LogP contribution in [0.5, 0.6) is 0 Å². The molecule has 0 radical (unpaired) electrons. The molecule has 4 heteroatoms. The summed E-state index contributed by atoms with van der Waals surface area (Å²) in [6.45, 7) is 6.63. The van der Waals surface area contributed by atoms with Gasteiger partial charge in [-0.25, -0.2) is 4.79 Å². The van der Waals surface area contributed by atoms with Gasteiger partial charge in [0.2, 0.25) is 0 Å². The summed E-state index contributed by atoms with van der Waals surface area (Å²) in [5.74, 6) is 0. The van der Waals surface area contributed by atoms with Crippen LogP contribution in [0.15, 0.2) is 30.3 Å². The smallest absolute Gasteiger partial charge is 0.315 e. The molecule has 0 bridgehead atoms. The van der Waals surface area contributed by atoms with Crippen LogP contribution in [0.1, 0.15) is 51.6 Å². The standard InChI is InChI=1S/C17H26N2O2/c1-16(2,3)14(13-8-5-4-6-9-13)19-15(20)18-12-17(21)10-7-11-17/h4-6,8-9,14,21H,7,10-12H2,1-3H3,(H2,18,19,20). The van der Waals surface area contributed by atoms with Gasteiger partial charge in [0.25, 0.3) is 0 Å². The number of carbonyl (C=O) groups excluding carboxylic acids is 1. The molecular formula is C17H26N2O2. The van der Waals surface area contributed by atoms with Gasteiger partial charge in [0.15, 0.2) is 0 Å². The summed E-state index contributed by atoms with van der Waals surface area (Å²) in [7, 11) is 0. The van der Waals surface area contributed by atoms with E-state index in [2.05, 4.69) is 31.4 Å². The molecule has 0 heterocycles. The van der Waals surface area contributed by atoms with E-state index in [1.807, 2.05) is 30.3 Å². The van der Waals surface area contributed by atoms with Crippen molar-refractivity contribution in [2.24, 2.45) is 5.41 Å². The van der Waals surface area contributed by atoms with Crippen LogP contribution in [-0.4, -0.2) is 23.3 Å². The topological polar surface area (TPSA) is 61.4 Å². The van der Waals surface area contributed by atoms with Crippen LogP contribution in [0.3, 0.4) is 0 Å². The molecule has 1 aromatic carbocycles. The molecule has 0 saturated heterocycles. The van der Waals surface area contributed by atoms with E-state index in [4.69, 9.17) is 0 Å². The van der Waals surface area contributed by atoms with Crippen molar-refractivity contribution in [3.63, 3.8) is 0 Å². The minimum Gasteiger partial charge on any atom is -0.388 e. The Morgan fingerprint density at radius 1 is 1.29 bits per heavy atom. The number of amides is 2. The molecule has 0 spiro atoms. The fourth-order valence-electron chi connectivity index (χ4n) is 2.63. The molecule has 116 valence electrons. The Kier molecular flexibility index (Phi) is 4.57. The van der Waals surface area contributed by atoms with Gasteiger partial charge in [-0.2, -0.15) is 0 Å². The SMILES string of the molecule is CC(C)(C)C(NC(=O)NCC1(O)CCC1)c1ccccc1. The lowest BCUT2D eigenvalue weighted by molar-refractivity contribution is -0.0291. The zero-order chi connectivity index (χ0) is 15.5. The van der Waals surface area contributed by atoms with E-state index in [9.17, 15) is 9.90 Å². The van der Waals surface area contributed by atoms with E-state index in [0.29, 0.717) is 6.54 Å². The summed E-state index contributed by atoms with van der Waals surface area (Å²) in [5, 5.41) is 15.9. The first-order valence-electron chi connectivity index (χ1n) is 7.62. The third-order valence-electron chi connectivity index (χ3n) is 4.14. The molecule has 4 nitrogen and oxygen atoms in total. The Morgan fingerprint density at radius 3 is 2.38 bits per heavy atom. The van der Waals surface area contributed by atoms with Gasteiger partial charge in [0.05, 0.1) is 11.6 Å². The maximum Gasteiger partial charge on any atom is 0.315 e. The molecule has 1 atom stereocenters. The van der Waals surface area contributed by atoms with Crippen molar-refractivity contribution in [2.75, 3.05) is 6.54 Å². The molecule has 0 aliphatic heterocycles. The van der Waals surface area contributed by atoms with E-state index in [1.165, 1.54) is 0 Å². The van der Waals surface area contributed by atoms with Crippen molar-refractivity contribution in [3.05, 3.63) is 35.9 Å². The predicted molar refractivity (Wildman–Crippen MR) is 84.0 cm³/mol. The Hall–Kier alpha value is -1.55. The molecule has 2 rings (SSSR count). The second-order valence-electron chi connectivity index (χ2n) is 7.11. The van der Waals surface area contributed by atoms with E-state index >= 15 is 0 Å². The summed E-state index contributed by atoms with van der Waals surface area (Å²) in [5.41, 5.74) is 0.301. The van der Waals surface area contributed by atoms with Crippen LogP contribution in [0.2, 0.25) is 0 Å². The molecular weight excluding hydrogens is 264 g/mol. The fourth-order valence-corrected chi connectivity index (χ4v) is 2.63. The van der Waals surface area contributed by atoms with Crippen molar-refractivity contribution in [1.29, 1.82) is 0 Å². The fraction of sp³-hybridized carbons (Fsp3) is 0.588. The second-order valence-corrected chi connectivity index (χ2v) is 7.11.